The van der Waals surface area contributed by atoms with Gasteiger partial charge >= 0.3 is 17.8 Å². The molecule has 2 amide bonds. The van der Waals surface area contributed by atoms with Crippen LogP contribution in [0.15, 0.2) is 36.4 Å². The van der Waals surface area contributed by atoms with Crippen molar-refractivity contribution in [1.82, 2.24) is 5.32 Å². The summed E-state index contributed by atoms with van der Waals surface area (Å²) in [5.74, 6) is -1.73. The van der Waals surface area contributed by atoms with Gasteiger partial charge in [0.1, 0.15) is 11.8 Å². The number of hydrogen-bond acceptors (Lipinski definition) is 6. The van der Waals surface area contributed by atoms with E-state index in [-0.39, 0.29) is 5.75 Å². The number of nitrogens with one attached hydrogen (secondary N) is 2. The van der Waals surface area contributed by atoms with Crippen LogP contribution in [0.25, 0.3) is 10.8 Å². The van der Waals surface area contributed by atoms with E-state index >= 15 is 0 Å². The van der Waals surface area contributed by atoms with Gasteiger partial charge in [-0.25, -0.2) is 4.79 Å². The van der Waals surface area contributed by atoms with E-state index in [1.807, 2.05) is 6.26 Å². The lowest BCUT2D eigenvalue weighted by Gasteiger charge is -2.16. The molecule has 0 fully saturated rings. The number of fused-ring (bicyclic) bond motifs is 1. The van der Waals surface area contributed by atoms with Crippen molar-refractivity contribution < 1.29 is 24.2 Å². The fourth-order valence-electron chi connectivity index (χ4n) is 2.43. The van der Waals surface area contributed by atoms with Crippen LogP contribution in [-0.2, 0) is 19.1 Å². The molecule has 2 aromatic rings. The molecule has 3 N–H and O–H groups in total. The Kier molecular flexibility index (Phi) is 6.85. The molecular formula is C18H20N2O5S. The average Bonchev–Trinajstić information content (AvgIpc) is 2.65. The number of aromatic hydroxyl groups is 1. The molecule has 0 saturated heterocycles. The Balaban J connectivity index is 2.13. The van der Waals surface area contributed by atoms with E-state index < -0.39 is 23.8 Å². The highest BCUT2D eigenvalue weighted by molar-refractivity contribution is 7.98. The highest BCUT2D eigenvalue weighted by Crippen LogP contribution is 2.29. The molecule has 0 aliphatic heterocycles. The molecule has 8 heteroatoms. The van der Waals surface area contributed by atoms with Crippen LogP contribution in [0.3, 0.4) is 0 Å². The van der Waals surface area contributed by atoms with Crippen molar-refractivity contribution >= 4 is 46.0 Å². The number of carbonyl (C=O) groups excluding carboxylic acids is 3. The summed E-state index contributed by atoms with van der Waals surface area (Å²) in [6.45, 7) is 0. The van der Waals surface area contributed by atoms with Gasteiger partial charge in [-0.15, -0.1) is 0 Å². The molecule has 0 bridgehead atoms. The maximum atomic E-state index is 12.2. The minimum absolute atomic E-state index is 0.0749. The molecule has 0 aliphatic rings. The summed E-state index contributed by atoms with van der Waals surface area (Å²) in [5, 5.41) is 15.9. The molecule has 0 heterocycles. The van der Waals surface area contributed by atoms with Gasteiger partial charge in [-0.05, 0) is 30.6 Å². The molecule has 0 aliphatic carbocycles. The van der Waals surface area contributed by atoms with Gasteiger partial charge in [0.15, 0.2) is 0 Å². The third-order valence-corrected chi connectivity index (χ3v) is 4.40. The summed E-state index contributed by atoms with van der Waals surface area (Å²) in [6.07, 6.45) is 2.23. The topological polar surface area (TPSA) is 105 Å². The highest BCUT2D eigenvalue weighted by atomic mass is 32.2. The van der Waals surface area contributed by atoms with Crippen LogP contribution < -0.4 is 10.6 Å². The first-order valence-electron chi connectivity index (χ1n) is 7.87. The predicted octanol–water partition coefficient (Wildman–Crippen LogP) is 1.89. The number of amides is 2. The number of thioether (sulfide) groups is 1. The lowest BCUT2D eigenvalue weighted by molar-refractivity contribution is -0.146. The van der Waals surface area contributed by atoms with Crippen molar-refractivity contribution in [3.8, 4) is 5.75 Å². The quantitative estimate of drug-likeness (QED) is 0.525. The van der Waals surface area contributed by atoms with Crippen LogP contribution in [0.1, 0.15) is 6.42 Å². The van der Waals surface area contributed by atoms with Gasteiger partial charge < -0.3 is 20.5 Å². The Bertz CT molecular complexity index is 824. The predicted molar refractivity (Wildman–Crippen MR) is 101 cm³/mol. The Morgan fingerprint density at radius 1 is 1.12 bits per heavy atom. The molecule has 1 atom stereocenters. The van der Waals surface area contributed by atoms with Crippen molar-refractivity contribution in [2.24, 2.45) is 0 Å². The first-order valence-corrected chi connectivity index (χ1v) is 9.26. The molecule has 26 heavy (non-hydrogen) atoms. The number of carbonyl (C=O) groups is 3. The van der Waals surface area contributed by atoms with Crippen molar-refractivity contribution in [1.29, 1.82) is 0 Å². The Morgan fingerprint density at radius 3 is 2.50 bits per heavy atom. The fraction of sp³-hybridized carbons (Fsp3) is 0.278. The third-order valence-electron chi connectivity index (χ3n) is 3.76. The van der Waals surface area contributed by atoms with Gasteiger partial charge in [0.25, 0.3) is 0 Å². The van der Waals surface area contributed by atoms with Crippen molar-refractivity contribution in [3.63, 3.8) is 0 Å². The Morgan fingerprint density at radius 2 is 1.81 bits per heavy atom. The van der Waals surface area contributed by atoms with Gasteiger partial charge in [0, 0.05) is 16.5 Å². The summed E-state index contributed by atoms with van der Waals surface area (Å²) in [7, 11) is 1.23. The summed E-state index contributed by atoms with van der Waals surface area (Å²) in [6, 6.07) is 9.00. The van der Waals surface area contributed by atoms with Crippen LogP contribution in [0.4, 0.5) is 5.69 Å². The first kappa shape index (κ1) is 19.6. The van der Waals surface area contributed by atoms with E-state index in [4.69, 9.17) is 0 Å². The molecule has 138 valence electrons. The van der Waals surface area contributed by atoms with Crippen LogP contribution in [0, 0.1) is 0 Å². The Labute approximate surface area is 155 Å². The summed E-state index contributed by atoms with van der Waals surface area (Å²) in [4.78, 5) is 36.1. The number of methoxy groups -OCH3 is 1. The van der Waals surface area contributed by atoms with E-state index in [1.165, 1.54) is 24.9 Å². The highest BCUT2D eigenvalue weighted by Gasteiger charge is 2.24. The SMILES string of the molecule is COC(=O)[C@H](CCSC)NC(=O)C(=O)Nc1cccc2c(O)cccc12. The molecule has 0 radical (unpaired) electrons. The minimum atomic E-state index is -0.932. The molecule has 0 spiro atoms. The second-order valence-corrected chi connectivity index (χ2v) is 6.45. The molecule has 0 unspecified atom stereocenters. The smallest absolute Gasteiger partial charge is 0.328 e. The van der Waals surface area contributed by atoms with E-state index in [0.29, 0.717) is 28.6 Å². The second kappa shape index (κ2) is 9.10. The van der Waals surface area contributed by atoms with Crippen molar-refractivity contribution in [2.75, 3.05) is 24.4 Å². The van der Waals surface area contributed by atoms with Crippen LogP contribution in [0.5, 0.6) is 5.75 Å². The number of hydrogen-bond donors (Lipinski definition) is 3. The van der Waals surface area contributed by atoms with E-state index in [1.54, 1.807) is 30.3 Å². The zero-order chi connectivity index (χ0) is 19.1. The molecule has 7 nitrogen and oxygen atoms in total. The van der Waals surface area contributed by atoms with Gasteiger partial charge in [0.2, 0.25) is 0 Å². The average molecular weight is 376 g/mol. The molecule has 0 saturated carbocycles. The number of phenols is 1. The number of rotatable bonds is 6. The lowest BCUT2D eigenvalue weighted by Crippen LogP contribution is -2.46. The fourth-order valence-corrected chi connectivity index (χ4v) is 2.90. The van der Waals surface area contributed by atoms with Crippen LogP contribution in [-0.4, -0.2) is 48.1 Å². The normalized spacial score (nSPS) is 11.6. The van der Waals surface area contributed by atoms with Crippen LogP contribution in [0.2, 0.25) is 0 Å². The maximum absolute atomic E-state index is 12.2. The van der Waals surface area contributed by atoms with Gasteiger partial charge in [-0.3, -0.25) is 9.59 Å². The summed E-state index contributed by atoms with van der Waals surface area (Å²) < 4.78 is 4.66. The summed E-state index contributed by atoms with van der Waals surface area (Å²) >= 11 is 1.52. The third kappa shape index (κ3) is 4.66. The van der Waals surface area contributed by atoms with Gasteiger partial charge in [-0.2, -0.15) is 11.8 Å². The number of phenolic OH excluding ortho intramolecular Hbond substituents is 1. The summed E-state index contributed by atoms with van der Waals surface area (Å²) in [5.41, 5.74) is 0.386. The monoisotopic (exact) mass is 376 g/mol. The van der Waals surface area contributed by atoms with Crippen molar-refractivity contribution in [2.45, 2.75) is 12.5 Å². The van der Waals surface area contributed by atoms with E-state index in [9.17, 15) is 19.5 Å². The van der Waals surface area contributed by atoms with E-state index in [2.05, 4.69) is 15.4 Å². The maximum Gasteiger partial charge on any atom is 0.328 e. The largest absolute Gasteiger partial charge is 0.507 e. The molecule has 2 aromatic carbocycles. The molecular weight excluding hydrogens is 356 g/mol. The van der Waals surface area contributed by atoms with Gasteiger partial charge in [0.05, 0.1) is 7.11 Å². The minimum Gasteiger partial charge on any atom is -0.507 e. The van der Waals surface area contributed by atoms with E-state index in [0.717, 1.165) is 0 Å². The lowest BCUT2D eigenvalue weighted by atomic mass is 10.1. The Hall–Kier alpha value is -2.74. The standard InChI is InChI=1S/C18H20N2O5S/c1-25-18(24)14(9-10-26-2)20-17(23)16(22)19-13-7-3-6-12-11(13)5-4-8-15(12)21/h3-8,14,21H,9-10H2,1-2H3,(H,19,22)(H,20,23)/t14-/m0/s1. The number of ether oxygens (including phenoxy) is 1. The molecule has 0 aromatic heterocycles. The van der Waals surface area contributed by atoms with Crippen molar-refractivity contribution in [3.05, 3.63) is 36.4 Å². The zero-order valence-corrected chi connectivity index (χ0v) is 15.3. The number of esters is 1. The molecule has 2 rings (SSSR count). The number of benzene rings is 2. The number of anilines is 1. The van der Waals surface area contributed by atoms with Gasteiger partial charge in [-0.1, -0.05) is 24.3 Å². The van der Waals surface area contributed by atoms with Crippen LogP contribution >= 0.6 is 11.8 Å². The first-order chi connectivity index (χ1) is 12.5. The zero-order valence-electron chi connectivity index (χ0n) is 14.4. The second-order valence-electron chi connectivity index (χ2n) is 5.46.